The van der Waals surface area contributed by atoms with Gasteiger partial charge in [-0.25, -0.2) is 4.79 Å². The highest BCUT2D eigenvalue weighted by Crippen LogP contribution is 2.19. The summed E-state index contributed by atoms with van der Waals surface area (Å²) in [6.07, 6.45) is 0.125. The molecular formula is C12H16ClNO3. The number of halogens is 1. The summed E-state index contributed by atoms with van der Waals surface area (Å²) in [4.78, 5) is 11.6. The van der Waals surface area contributed by atoms with Gasteiger partial charge in [-0.2, -0.15) is 0 Å². The molecule has 1 aromatic carbocycles. The van der Waals surface area contributed by atoms with Crippen molar-refractivity contribution in [3.05, 3.63) is 28.8 Å². The molecule has 0 saturated heterocycles. The van der Waals surface area contributed by atoms with Crippen molar-refractivity contribution < 1.29 is 14.3 Å². The van der Waals surface area contributed by atoms with E-state index in [1.165, 1.54) is 6.07 Å². The average molecular weight is 258 g/mol. The standard InChI is InChI=1S/C12H16ClNO3/c1-8(2)16-5-6-17-12(15)9-3-4-10(13)11(14)7-9/h3-4,7-8H,5-6,14H2,1-2H3. The SMILES string of the molecule is CC(C)OCCOC(=O)c1ccc(Cl)c(N)c1. The first kappa shape index (κ1) is 13.8. The molecule has 2 N–H and O–H groups in total. The molecule has 0 aliphatic rings. The molecule has 4 nitrogen and oxygen atoms in total. The van der Waals surface area contributed by atoms with E-state index in [-0.39, 0.29) is 12.7 Å². The smallest absolute Gasteiger partial charge is 0.338 e. The van der Waals surface area contributed by atoms with Crippen LogP contribution in [0.4, 0.5) is 5.69 Å². The Labute approximate surface area is 106 Å². The van der Waals surface area contributed by atoms with Gasteiger partial charge in [0.1, 0.15) is 6.61 Å². The van der Waals surface area contributed by atoms with Crippen molar-refractivity contribution in [1.82, 2.24) is 0 Å². The molecular weight excluding hydrogens is 242 g/mol. The Morgan fingerprint density at radius 2 is 2.12 bits per heavy atom. The molecule has 1 aromatic rings. The molecule has 0 spiro atoms. The Balaban J connectivity index is 2.44. The third-order valence-corrected chi connectivity index (χ3v) is 2.34. The highest BCUT2D eigenvalue weighted by molar-refractivity contribution is 6.33. The summed E-state index contributed by atoms with van der Waals surface area (Å²) in [6.45, 7) is 4.44. The molecule has 94 valence electrons. The van der Waals surface area contributed by atoms with Gasteiger partial charge in [-0.15, -0.1) is 0 Å². The Morgan fingerprint density at radius 3 is 2.71 bits per heavy atom. The van der Waals surface area contributed by atoms with Gasteiger partial charge in [0, 0.05) is 0 Å². The van der Waals surface area contributed by atoms with Crippen LogP contribution in [-0.4, -0.2) is 25.3 Å². The Kier molecular flexibility index (Phi) is 5.25. The van der Waals surface area contributed by atoms with Crippen molar-refractivity contribution >= 4 is 23.3 Å². The minimum Gasteiger partial charge on any atom is -0.460 e. The van der Waals surface area contributed by atoms with E-state index in [0.717, 1.165) is 0 Å². The van der Waals surface area contributed by atoms with Gasteiger partial charge in [-0.3, -0.25) is 0 Å². The summed E-state index contributed by atoms with van der Waals surface area (Å²) in [7, 11) is 0. The summed E-state index contributed by atoms with van der Waals surface area (Å²) in [5.41, 5.74) is 6.33. The number of hydrogen-bond donors (Lipinski definition) is 1. The second kappa shape index (κ2) is 6.47. The molecule has 0 fully saturated rings. The highest BCUT2D eigenvalue weighted by Gasteiger charge is 2.08. The van der Waals surface area contributed by atoms with Gasteiger partial charge in [0.25, 0.3) is 0 Å². The maximum absolute atomic E-state index is 11.6. The number of carbonyl (C=O) groups excluding carboxylic acids is 1. The monoisotopic (exact) mass is 257 g/mol. The number of ether oxygens (including phenoxy) is 2. The molecule has 0 saturated carbocycles. The van der Waals surface area contributed by atoms with Gasteiger partial charge in [0.2, 0.25) is 0 Å². The minimum atomic E-state index is -0.430. The van der Waals surface area contributed by atoms with Crippen LogP contribution < -0.4 is 5.73 Å². The maximum atomic E-state index is 11.6. The van der Waals surface area contributed by atoms with Crippen molar-refractivity contribution in [3.8, 4) is 0 Å². The van der Waals surface area contributed by atoms with Gasteiger partial charge < -0.3 is 15.2 Å². The molecule has 5 heteroatoms. The molecule has 0 radical (unpaired) electrons. The van der Waals surface area contributed by atoms with E-state index in [2.05, 4.69) is 0 Å². The summed E-state index contributed by atoms with van der Waals surface area (Å²) in [5.74, 6) is -0.430. The number of rotatable bonds is 5. The lowest BCUT2D eigenvalue weighted by molar-refractivity contribution is 0.0177. The molecule has 0 amide bonds. The van der Waals surface area contributed by atoms with Crippen molar-refractivity contribution in [3.63, 3.8) is 0 Å². The zero-order valence-electron chi connectivity index (χ0n) is 9.90. The maximum Gasteiger partial charge on any atom is 0.338 e. The van der Waals surface area contributed by atoms with Gasteiger partial charge in [-0.05, 0) is 32.0 Å². The van der Waals surface area contributed by atoms with Crippen LogP contribution in [0.25, 0.3) is 0 Å². The number of esters is 1. The lowest BCUT2D eigenvalue weighted by Crippen LogP contribution is -2.13. The van der Waals surface area contributed by atoms with Gasteiger partial charge >= 0.3 is 5.97 Å². The molecule has 17 heavy (non-hydrogen) atoms. The number of nitrogens with two attached hydrogens (primary N) is 1. The Morgan fingerprint density at radius 1 is 1.41 bits per heavy atom. The van der Waals surface area contributed by atoms with Crippen LogP contribution in [0.15, 0.2) is 18.2 Å². The van der Waals surface area contributed by atoms with E-state index in [9.17, 15) is 4.79 Å². The topological polar surface area (TPSA) is 61.5 Å². The number of anilines is 1. The van der Waals surface area contributed by atoms with E-state index >= 15 is 0 Å². The van der Waals surface area contributed by atoms with E-state index in [4.69, 9.17) is 26.8 Å². The molecule has 0 atom stereocenters. The first-order valence-corrected chi connectivity index (χ1v) is 5.72. The molecule has 1 rings (SSSR count). The van der Waals surface area contributed by atoms with Gasteiger partial charge in [0.05, 0.1) is 29.0 Å². The third-order valence-electron chi connectivity index (χ3n) is 2.00. The lowest BCUT2D eigenvalue weighted by Gasteiger charge is -2.08. The molecule has 0 unspecified atom stereocenters. The molecule has 0 aliphatic heterocycles. The fraction of sp³-hybridized carbons (Fsp3) is 0.417. The van der Waals surface area contributed by atoms with Crippen molar-refractivity contribution in [2.24, 2.45) is 0 Å². The summed E-state index contributed by atoms with van der Waals surface area (Å²) < 4.78 is 10.3. The van der Waals surface area contributed by atoms with E-state index in [1.807, 2.05) is 13.8 Å². The normalized spacial score (nSPS) is 10.6. The molecule has 0 aliphatic carbocycles. The van der Waals surface area contributed by atoms with Crippen LogP contribution in [0, 0.1) is 0 Å². The van der Waals surface area contributed by atoms with Crippen LogP contribution in [-0.2, 0) is 9.47 Å². The lowest BCUT2D eigenvalue weighted by atomic mass is 10.2. The molecule has 0 heterocycles. The van der Waals surface area contributed by atoms with Crippen LogP contribution >= 0.6 is 11.6 Å². The fourth-order valence-electron chi connectivity index (χ4n) is 1.17. The number of nitrogen functional groups attached to an aromatic ring is 1. The fourth-order valence-corrected chi connectivity index (χ4v) is 1.29. The summed E-state index contributed by atoms with van der Waals surface area (Å²) in [6, 6.07) is 4.64. The van der Waals surface area contributed by atoms with Gasteiger partial charge in [-0.1, -0.05) is 11.6 Å². The third kappa shape index (κ3) is 4.63. The van der Waals surface area contributed by atoms with Crippen molar-refractivity contribution in [2.75, 3.05) is 18.9 Å². The van der Waals surface area contributed by atoms with Crippen LogP contribution in [0.1, 0.15) is 24.2 Å². The van der Waals surface area contributed by atoms with Crippen LogP contribution in [0.3, 0.4) is 0 Å². The summed E-state index contributed by atoms with van der Waals surface area (Å²) >= 11 is 5.75. The predicted octanol–water partition coefficient (Wildman–Crippen LogP) is 2.50. The van der Waals surface area contributed by atoms with E-state index < -0.39 is 5.97 Å². The highest BCUT2D eigenvalue weighted by atomic mass is 35.5. The zero-order chi connectivity index (χ0) is 12.8. The van der Waals surface area contributed by atoms with E-state index in [0.29, 0.717) is 22.9 Å². The first-order valence-electron chi connectivity index (χ1n) is 5.34. The zero-order valence-corrected chi connectivity index (χ0v) is 10.7. The number of carbonyl (C=O) groups is 1. The molecule has 0 bridgehead atoms. The second-order valence-corrected chi connectivity index (χ2v) is 4.20. The summed E-state index contributed by atoms with van der Waals surface area (Å²) in [5, 5.41) is 0.421. The van der Waals surface area contributed by atoms with Gasteiger partial charge in [0.15, 0.2) is 0 Å². The Hall–Kier alpha value is -1.26. The number of benzene rings is 1. The largest absolute Gasteiger partial charge is 0.460 e. The molecule has 0 aromatic heterocycles. The van der Waals surface area contributed by atoms with E-state index in [1.54, 1.807) is 12.1 Å². The van der Waals surface area contributed by atoms with Crippen molar-refractivity contribution in [2.45, 2.75) is 20.0 Å². The minimum absolute atomic E-state index is 0.125. The number of hydrogen-bond acceptors (Lipinski definition) is 4. The quantitative estimate of drug-likeness (QED) is 0.500. The van der Waals surface area contributed by atoms with Crippen LogP contribution in [0.2, 0.25) is 5.02 Å². The van der Waals surface area contributed by atoms with Crippen LogP contribution in [0.5, 0.6) is 0 Å². The predicted molar refractivity (Wildman–Crippen MR) is 67.2 cm³/mol. The average Bonchev–Trinajstić information content (AvgIpc) is 2.27. The Bertz CT molecular complexity index is 393. The second-order valence-electron chi connectivity index (χ2n) is 3.79. The van der Waals surface area contributed by atoms with Crippen molar-refractivity contribution in [1.29, 1.82) is 0 Å². The first-order chi connectivity index (χ1) is 8.00.